The van der Waals surface area contributed by atoms with Gasteiger partial charge in [-0.05, 0) is 37.0 Å². The molecule has 0 amide bonds. The Kier molecular flexibility index (Phi) is 5.86. The van der Waals surface area contributed by atoms with Crippen LogP contribution in [0, 0.1) is 11.6 Å². The van der Waals surface area contributed by atoms with Crippen LogP contribution in [0.1, 0.15) is 24.8 Å². The number of unbranched alkanes of at least 4 members (excludes halogenated alkanes) is 2. The van der Waals surface area contributed by atoms with Gasteiger partial charge in [0.1, 0.15) is 0 Å². The molecule has 0 saturated heterocycles. The molecule has 1 aromatic rings. The fourth-order valence-corrected chi connectivity index (χ4v) is 1.43. The van der Waals surface area contributed by atoms with Gasteiger partial charge in [0.2, 0.25) is 0 Å². The molecule has 5 heteroatoms. The Labute approximate surface area is 99.2 Å². The van der Waals surface area contributed by atoms with Gasteiger partial charge >= 0.3 is 0 Å². The fourth-order valence-electron chi connectivity index (χ4n) is 1.43. The minimum Gasteiger partial charge on any atom is -0.488 e. The molecule has 3 nitrogen and oxygen atoms in total. The van der Waals surface area contributed by atoms with Gasteiger partial charge in [-0.25, -0.2) is 8.78 Å². The van der Waals surface area contributed by atoms with Crippen LogP contribution in [-0.4, -0.2) is 18.3 Å². The second kappa shape index (κ2) is 7.19. The third kappa shape index (κ3) is 4.28. The number of aliphatic hydroxyl groups excluding tert-OH is 1. The molecule has 17 heavy (non-hydrogen) atoms. The Bertz CT molecular complexity index is 335. The van der Waals surface area contributed by atoms with Gasteiger partial charge in [-0.1, -0.05) is 0 Å². The highest BCUT2D eigenvalue weighted by atomic mass is 19.1. The van der Waals surface area contributed by atoms with Crippen molar-refractivity contribution in [1.82, 2.24) is 0 Å². The van der Waals surface area contributed by atoms with Gasteiger partial charge in [-0.15, -0.1) is 0 Å². The monoisotopic (exact) mass is 245 g/mol. The van der Waals surface area contributed by atoms with E-state index < -0.39 is 11.6 Å². The van der Waals surface area contributed by atoms with Crippen molar-refractivity contribution >= 4 is 0 Å². The van der Waals surface area contributed by atoms with Crippen LogP contribution in [0.5, 0.6) is 5.75 Å². The number of hydrogen-bond acceptors (Lipinski definition) is 3. The smallest absolute Gasteiger partial charge is 0.190 e. The van der Waals surface area contributed by atoms with Crippen molar-refractivity contribution in [2.75, 3.05) is 13.2 Å². The first-order chi connectivity index (χ1) is 8.19. The average Bonchev–Trinajstić information content (AvgIpc) is 2.31. The zero-order valence-electron chi connectivity index (χ0n) is 9.59. The molecule has 0 saturated carbocycles. The lowest BCUT2D eigenvalue weighted by atomic mass is 10.2. The number of hydrogen-bond donors (Lipinski definition) is 2. The van der Waals surface area contributed by atoms with Crippen molar-refractivity contribution in [2.45, 2.75) is 25.8 Å². The van der Waals surface area contributed by atoms with Gasteiger partial charge in [0.05, 0.1) is 6.61 Å². The van der Waals surface area contributed by atoms with Gasteiger partial charge in [0, 0.05) is 13.2 Å². The zero-order valence-corrected chi connectivity index (χ0v) is 9.59. The molecule has 3 N–H and O–H groups in total. The lowest BCUT2D eigenvalue weighted by molar-refractivity contribution is 0.255. The molecule has 96 valence electrons. The minimum atomic E-state index is -0.729. The maximum absolute atomic E-state index is 13.4. The number of benzene rings is 1. The maximum atomic E-state index is 13.4. The van der Waals surface area contributed by atoms with Crippen molar-refractivity contribution < 1.29 is 18.6 Å². The first kappa shape index (κ1) is 13.9. The summed E-state index contributed by atoms with van der Waals surface area (Å²) >= 11 is 0. The van der Waals surface area contributed by atoms with Crippen molar-refractivity contribution in [3.8, 4) is 5.75 Å². The molecule has 0 bridgehead atoms. The quantitative estimate of drug-likeness (QED) is 0.722. The van der Waals surface area contributed by atoms with Crippen LogP contribution >= 0.6 is 0 Å². The van der Waals surface area contributed by atoms with Gasteiger partial charge in [0.25, 0.3) is 0 Å². The van der Waals surface area contributed by atoms with E-state index in [-0.39, 0.29) is 25.5 Å². The molecule has 0 radical (unpaired) electrons. The Morgan fingerprint density at radius 1 is 1.12 bits per heavy atom. The number of aliphatic hydroxyl groups is 1. The molecule has 0 heterocycles. The highest BCUT2D eigenvalue weighted by Crippen LogP contribution is 2.23. The molecule has 0 aliphatic heterocycles. The van der Waals surface area contributed by atoms with Gasteiger partial charge in [0.15, 0.2) is 17.4 Å². The lowest BCUT2D eigenvalue weighted by Gasteiger charge is -2.09. The molecule has 1 rings (SSSR count). The predicted molar refractivity (Wildman–Crippen MR) is 60.7 cm³/mol. The first-order valence-electron chi connectivity index (χ1n) is 5.60. The maximum Gasteiger partial charge on any atom is 0.190 e. The number of nitrogens with two attached hydrogens (primary N) is 1. The summed E-state index contributed by atoms with van der Waals surface area (Å²) in [6.07, 6.45) is 2.08. The summed E-state index contributed by atoms with van der Waals surface area (Å²) in [5.41, 5.74) is 5.69. The molecule has 0 fully saturated rings. The van der Waals surface area contributed by atoms with E-state index in [9.17, 15) is 8.78 Å². The number of rotatable bonds is 7. The SMILES string of the molecule is NCc1cc(F)c(OCCCCCO)c(F)c1. The molecule has 0 atom stereocenters. The summed E-state index contributed by atoms with van der Waals surface area (Å²) in [7, 11) is 0. The molecular formula is C12H17F2NO2. The third-order valence-electron chi connectivity index (χ3n) is 2.34. The van der Waals surface area contributed by atoms with Crippen LogP contribution in [0.2, 0.25) is 0 Å². The van der Waals surface area contributed by atoms with Crippen LogP contribution in [0.25, 0.3) is 0 Å². The number of halogens is 2. The summed E-state index contributed by atoms with van der Waals surface area (Å²) in [6.45, 7) is 0.439. The van der Waals surface area contributed by atoms with Crippen LogP contribution in [0.3, 0.4) is 0 Å². The Morgan fingerprint density at radius 2 is 1.76 bits per heavy atom. The molecule has 1 aromatic carbocycles. The predicted octanol–water partition coefficient (Wildman–Crippen LogP) is 1.96. The molecule has 0 aliphatic carbocycles. The van der Waals surface area contributed by atoms with Crippen molar-refractivity contribution in [3.05, 3.63) is 29.3 Å². The summed E-state index contributed by atoms with van der Waals surface area (Å²) in [6, 6.07) is 2.35. The molecule has 0 aromatic heterocycles. The normalized spacial score (nSPS) is 10.6. The molecular weight excluding hydrogens is 228 g/mol. The van der Waals surface area contributed by atoms with E-state index in [1.165, 1.54) is 12.1 Å². The topological polar surface area (TPSA) is 55.5 Å². The summed E-state index contributed by atoms with van der Waals surface area (Å²) < 4.78 is 31.9. The van der Waals surface area contributed by atoms with Crippen LogP contribution in [-0.2, 0) is 6.54 Å². The largest absolute Gasteiger partial charge is 0.488 e. The van der Waals surface area contributed by atoms with Gasteiger partial charge in [-0.2, -0.15) is 0 Å². The van der Waals surface area contributed by atoms with E-state index in [1.807, 2.05) is 0 Å². The highest BCUT2D eigenvalue weighted by Gasteiger charge is 2.11. The van der Waals surface area contributed by atoms with Crippen LogP contribution in [0.4, 0.5) is 8.78 Å². The second-order valence-electron chi connectivity index (χ2n) is 3.73. The van der Waals surface area contributed by atoms with Crippen molar-refractivity contribution in [1.29, 1.82) is 0 Å². The standard InChI is InChI=1S/C12H17F2NO2/c13-10-6-9(8-15)7-11(14)12(10)17-5-3-1-2-4-16/h6-7,16H,1-5,8,15H2. The Balaban J connectivity index is 2.53. The Morgan fingerprint density at radius 3 is 2.29 bits per heavy atom. The van der Waals surface area contributed by atoms with E-state index in [0.717, 1.165) is 6.42 Å². The molecule has 0 unspecified atom stereocenters. The minimum absolute atomic E-state index is 0.0879. The van der Waals surface area contributed by atoms with E-state index in [4.69, 9.17) is 15.6 Å². The van der Waals surface area contributed by atoms with E-state index in [2.05, 4.69) is 0 Å². The fraction of sp³-hybridized carbons (Fsp3) is 0.500. The van der Waals surface area contributed by atoms with Crippen LogP contribution in [0.15, 0.2) is 12.1 Å². The average molecular weight is 245 g/mol. The van der Waals surface area contributed by atoms with Gasteiger partial charge in [-0.3, -0.25) is 0 Å². The number of ether oxygens (including phenoxy) is 1. The second-order valence-corrected chi connectivity index (χ2v) is 3.73. The van der Waals surface area contributed by atoms with Crippen molar-refractivity contribution in [3.63, 3.8) is 0 Å². The van der Waals surface area contributed by atoms with Crippen molar-refractivity contribution in [2.24, 2.45) is 5.73 Å². The Hall–Kier alpha value is -1.20. The van der Waals surface area contributed by atoms with Crippen LogP contribution < -0.4 is 10.5 Å². The van der Waals surface area contributed by atoms with E-state index >= 15 is 0 Å². The highest BCUT2D eigenvalue weighted by molar-refractivity contribution is 5.31. The van der Waals surface area contributed by atoms with Gasteiger partial charge < -0.3 is 15.6 Å². The third-order valence-corrected chi connectivity index (χ3v) is 2.34. The first-order valence-corrected chi connectivity index (χ1v) is 5.60. The molecule has 0 spiro atoms. The van der Waals surface area contributed by atoms with E-state index in [0.29, 0.717) is 18.4 Å². The zero-order chi connectivity index (χ0) is 12.7. The molecule has 0 aliphatic rings. The summed E-state index contributed by atoms with van der Waals surface area (Å²) in [4.78, 5) is 0. The van der Waals surface area contributed by atoms with E-state index in [1.54, 1.807) is 0 Å². The lowest BCUT2D eigenvalue weighted by Crippen LogP contribution is -2.04. The summed E-state index contributed by atoms with van der Waals surface area (Å²) in [5, 5.41) is 8.56. The summed E-state index contributed by atoms with van der Waals surface area (Å²) in [5.74, 6) is -1.81.